The lowest BCUT2D eigenvalue weighted by molar-refractivity contribution is 0.0739. The molecule has 2 rings (SSSR count). The predicted octanol–water partition coefficient (Wildman–Crippen LogP) is 2.61. The summed E-state index contributed by atoms with van der Waals surface area (Å²) in [6.07, 6.45) is 1.79. The third kappa shape index (κ3) is 4.03. The summed E-state index contributed by atoms with van der Waals surface area (Å²) in [5.74, 6) is 0.0388. The first kappa shape index (κ1) is 18.2. The second-order valence-corrected chi connectivity index (χ2v) is 7.22. The van der Waals surface area contributed by atoms with Gasteiger partial charge in [0.25, 0.3) is 5.91 Å². The van der Waals surface area contributed by atoms with Gasteiger partial charge in [-0.15, -0.1) is 0 Å². The Balaban J connectivity index is 2.23. The molecule has 2 aromatic heterocycles. The molecular weight excluding hydrogens is 300 g/mol. The molecule has 0 unspecified atom stereocenters. The smallest absolute Gasteiger partial charge is 0.255 e. The van der Waals surface area contributed by atoms with E-state index in [9.17, 15) is 4.79 Å². The normalized spacial score (nSPS) is 11.6. The van der Waals surface area contributed by atoms with Gasteiger partial charge in [-0.1, -0.05) is 19.9 Å². The second kappa shape index (κ2) is 7.18. The number of amides is 1. The summed E-state index contributed by atoms with van der Waals surface area (Å²) in [7, 11) is 1.84. The van der Waals surface area contributed by atoms with E-state index in [4.69, 9.17) is 5.73 Å². The SMILES string of the molecule is Cc1cc(C(=O)N(C)CC(C)(C)CN)c(C)n1Cc1ccccn1. The number of hydrogen-bond donors (Lipinski definition) is 1. The molecule has 0 saturated carbocycles. The quantitative estimate of drug-likeness (QED) is 0.886. The molecule has 0 bridgehead atoms. The Morgan fingerprint density at radius 1 is 1.33 bits per heavy atom. The van der Waals surface area contributed by atoms with Gasteiger partial charge < -0.3 is 15.2 Å². The third-order valence-electron chi connectivity index (χ3n) is 4.41. The van der Waals surface area contributed by atoms with Crippen molar-refractivity contribution in [3.63, 3.8) is 0 Å². The van der Waals surface area contributed by atoms with Crippen LogP contribution in [-0.4, -0.2) is 40.5 Å². The minimum absolute atomic E-state index is 0.0388. The van der Waals surface area contributed by atoms with Crippen molar-refractivity contribution in [3.8, 4) is 0 Å². The Kier molecular flexibility index (Phi) is 5.44. The van der Waals surface area contributed by atoms with E-state index in [-0.39, 0.29) is 11.3 Å². The van der Waals surface area contributed by atoms with E-state index in [2.05, 4.69) is 23.4 Å². The molecule has 0 aromatic carbocycles. The number of pyridine rings is 1. The lowest BCUT2D eigenvalue weighted by Gasteiger charge is -2.29. The van der Waals surface area contributed by atoms with Crippen molar-refractivity contribution in [1.82, 2.24) is 14.5 Å². The van der Waals surface area contributed by atoms with Crippen molar-refractivity contribution in [3.05, 3.63) is 53.1 Å². The molecule has 0 spiro atoms. The van der Waals surface area contributed by atoms with Crippen LogP contribution in [0.15, 0.2) is 30.5 Å². The first-order valence-electron chi connectivity index (χ1n) is 8.27. The summed E-state index contributed by atoms with van der Waals surface area (Å²) < 4.78 is 2.14. The molecule has 0 atom stereocenters. The number of nitrogens with zero attached hydrogens (tertiary/aromatic N) is 3. The Morgan fingerprint density at radius 2 is 2.04 bits per heavy atom. The van der Waals surface area contributed by atoms with Gasteiger partial charge in [0.05, 0.1) is 17.8 Å². The van der Waals surface area contributed by atoms with E-state index in [1.54, 1.807) is 11.1 Å². The maximum absolute atomic E-state index is 12.8. The number of rotatable bonds is 6. The number of aromatic nitrogens is 2. The number of carbonyl (C=O) groups is 1. The lowest BCUT2D eigenvalue weighted by atomic mass is 9.93. The fourth-order valence-corrected chi connectivity index (χ4v) is 2.90. The van der Waals surface area contributed by atoms with Crippen LogP contribution in [0.1, 0.15) is 41.3 Å². The average Bonchev–Trinajstić information content (AvgIpc) is 2.83. The minimum atomic E-state index is -0.0934. The first-order chi connectivity index (χ1) is 11.2. The molecule has 0 radical (unpaired) electrons. The van der Waals surface area contributed by atoms with Crippen molar-refractivity contribution in [2.45, 2.75) is 34.2 Å². The highest BCUT2D eigenvalue weighted by molar-refractivity contribution is 5.95. The summed E-state index contributed by atoms with van der Waals surface area (Å²) in [5.41, 5.74) is 9.46. The van der Waals surface area contributed by atoms with Gasteiger partial charge in [0.15, 0.2) is 0 Å². The lowest BCUT2D eigenvalue weighted by Crippen LogP contribution is -2.39. The molecule has 0 aliphatic carbocycles. The Labute approximate surface area is 144 Å². The maximum atomic E-state index is 12.8. The van der Waals surface area contributed by atoms with Gasteiger partial charge in [0.2, 0.25) is 0 Å². The first-order valence-corrected chi connectivity index (χ1v) is 8.27. The highest BCUT2D eigenvalue weighted by Gasteiger charge is 2.24. The molecule has 24 heavy (non-hydrogen) atoms. The van der Waals surface area contributed by atoms with Crippen LogP contribution in [0.4, 0.5) is 0 Å². The fourth-order valence-electron chi connectivity index (χ4n) is 2.90. The molecule has 2 N–H and O–H groups in total. The molecule has 5 heteroatoms. The summed E-state index contributed by atoms with van der Waals surface area (Å²) >= 11 is 0. The highest BCUT2D eigenvalue weighted by atomic mass is 16.2. The summed E-state index contributed by atoms with van der Waals surface area (Å²) in [4.78, 5) is 19.0. The van der Waals surface area contributed by atoms with Crippen molar-refractivity contribution in [2.75, 3.05) is 20.1 Å². The van der Waals surface area contributed by atoms with Crippen LogP contribution in [0.5, 0.6) is 0 Å². The molecule has 0 saturated heterocycles. The van der Waals surface area contributed by atoms with E-state index < -0.39 is 0 Å². The van der Waals surface area contributed by atoms with Crippen LogP contribution in [0.25, 0.3) is 0 Å². The zero-order valence-electron chi connectivity index (χ0n) is 15.3. The largest absolute Gasteiger partial charge is 0.342 e. The predicted molar refractivity (Wildman–Crippen MR) is 97.0 cm³/mol. The summed E-state index contributed by atoms with van der Waals surface area (Å²) in [6.45, 7) is 10.0. The number of aryl methyl sites for hydroxylation is 1. The van der Waals surface area contributed by atoms with Crippen LogP contribution in [-0.2, 0) is 6.54 Å². The van der Waals surface area contributed by atoms with Crippen molar-refractivity contribution < 1.29 is 4.79 Å². The van der Waals surface area contributed by atoms with Gasteiger partial charge in [0.1, 0.15) is 0 Å². The Hall–Kier alpha value is -2.14. The number of hydrogen-bond acceptors (Lipinski definition) is 3. The third-order valence-corrected chi connectivity index (χ3v) is 4.41. The van der Waals surface area contributed by atoms with Crippen LogP contribution in [0.2, 0.25) is 0 Å². The standard InChI is InChI=1S/C19H28N4O/c1-14-10-17(18(24)22(5)13-19(3,4)12-20)15(2)23(14)11-16-8-6-7-9-21-16/h6-10H,11-13,20H2,1-5H3. The fraction of sp³-hybridized carbons (Fsp3) is 0.474. The van der Waals surface area contributed by atoms with Crippen LogP contribution in [0, 0.1) is 19.3 Å². The molecule has 5 nitrogen and oxygen atoms in total. The topological polar surface area (TPSA) is 64.2 Å². The van der Waals surface area contributed by atoms with Gasteiger partial charge in [-0.25, -0.2) is 0 Å². The average molecular weight is 328 g/mol. The van der Waals surface area contributed by atoms with E-state index in [0.717, 1.165) is 22.6 Å². The van der Waals surface area contributed by atoms with E-state index >= 15 is 0 Å². The Bertz CT molecular complexity index is 704. The van der Waals surface area contributed by atoms with Crippen LogP contribution < -0.4 is 5.73 Å². The van der Waals surface area contributed by atoms with Gasteiger partial charge in [-0.05, 0) is 44.0 Å². The van der Waals surface area contributed by atoms with Crippen molar-refractivity contribution in [2.24, 2.45) is 11.1 Å². The van der Waals surface area contributed by atoms with E-state index in [1.807, 2.05) is 45.2 Å². The molecule has 2 heterocycles. The van der Waals surface area contributed by atoms with Gasteiger partial charge >= 0.3 is 0 Å². The molecule has 130 valence electrons. The zero-order valence-corrected chi connectivity index (χ0v) is 15.3. The monoisotopic (exact) mass is 328 g/mol. The summed E-state index contributed by atoms with van der Waals surface area (Å²) in [5, 5.41) is 0. The Morgan fingerprint density at radius 3 is 2.62 bits per heavy atom. The molecule has 2 aromatic rings. The molecule has 1 amide bonds. The van der Waals surface area contributed by atoms with E-state index in [0.29, 0.717) is 19.6 Å². The highest BCUT2D eigenvalue weighted by Crippen LogP contribution is 2.20. The second-order valence-electron chi connectivity index (χ2n) is 7.22. The molecular formula is C19H28N4O. The molecule has 0 aliphatic heterocycles. The number of nitrogens with two attached hydrogens (primary N) is 1. The summed E-state index contributed by atoms with van der Waals surface area (Å²) in [6, 6.07) is 7.84. The van der Waals surface area contributed by atoms with Gasteiger partial charge in [-0.2, -0.15) is 0 Å². The molecule has 0 aliphatic rings. The molecule has 0 fully saturated rings. The van der Waals surface area contributed by atoms with Crippen LogP contribution in [0.3, 0.4) is 0 Å². The van der Waals surface area contributed by atoms with Crippen molar-refractivity contribution >= 4 is 5.91 Å². The number of carbonyl (C=O) groups excluding carboxylic acids is 1. The zero-order chi connectivity index (χ0) is 17.9. The van der Waals surface area contributed by atoms with Gasteiger partial charge in [-0.3, -0.25) is 9.78 Å². The minimum Gasteiger partial charge on any atom is -0.342 e. The van der Waals surface area contributed by atoms with E-state index in [1.165, 1.54) is 0 Å². The van der Waals surface area contributed by atoms with Crippen LogP contribution >= 0.6 is 0 Å². The maximum Gasteiger partial charge on any atom is 0.255 e. The van der Waals surface area contributed by atoms with Crippen molar-refractivity contribution in [1.29, 1.82) is 0 Å². The van der Waals surface area contributed by atoms with Gasteiger partial charge in [0, 0.05) is 31.2 Å².